The van der Waals surface area contributed by atoms with Crippen molar-refractivity contribution in [3.63, 3.8) is 0 Å². The molecule has 114 valence electrons. The molecule has 1 rings (SSSR count). The van der Waals surface area contributed by atoms with Crippen LogP contribution in [0.5, 0.6) is 0 Å². The molecular weight excluding hydrogens is 280 g/mol. The minimum absolute atomic E-state index is 0.131. The quantitative estimate of drug-likeness (QED) is 0.553. The van der Waals surface area contributed by atoms with E-state index in [1.165, 1.54) is 23.9 Å². The van der Waals surface area contributed by atoms with Gasteiger partial charge < -0.3 is 10.1 Å². The van der Waals surface area contributed by atoms with Crippen molar-refractivity contribution in [1.82, 2.24) is 5.32 Å². The lowest BCUT2D eigenvalue weighted by atomic mass is 10.2. The Bertz CT molecular complexity index is 392. The molecule has 0 heterocycles. The van der Waals surface area contributed by atoms with Crippen LogP contribution < -0.4 is 5.32 Å². The summed E-state index contributed by atoms with van der Waals surface area (Å²) in [6.45, 7) is 5.83. The van der Waals surface area contributed by atoms with Crippen molar-refractivity contribution in [1.29, 1.82) is 0 Å². The minimum atomic E-state index is -0.471. The van der Waals surface area contributed by atoms with Crippen molar-refractivity contribution in [3.8, 4) is 0 Å². The fraction of sp³-hybridized carbons (Fsp3) is 0.600. The molecule has 0 saturated heterocycles. The Morgan fingerprint density at radius 2 is 1.95 bits per heavy atom. The Balaban J connectivity index is 2.61. The van der Waals surface area contributed by atoms with Crippen molar-refractivity contribution in [3.05, 3.63) is 29.3 Å². The van der Waals surface area contributed by atoms with Crippen LogP contribution in [0, 0.1) is 17.6 Å². The molecule has 0 bridgehead atoms. The monoisotopic (exact) mass is 303 g/mol. The smallest absolute Gasteiger partial charge is 0.140 e. The van der Waals surface area contributed by atoms with Crippen LogP contribution in [0.3, 0.4) is 0 Å². The van der Waals surface area contributed by atoms with Crippen LogP contribution in [0.15, 0.2) is 17.0 Å². The lowest BCUT2D eigenvalue weighted by Crippen LogP contribution is -2.18. The van der Waals surface area contributed by atoms with E-state index < -0.39 is 11.6 Å². The Morgan fingerprint density at radius 3 is 2.50 bits per heavy atom. The molecule has 0 saturated carbocycles. The van der Waals surface area contributed by atoms with Gasteiger partial charge in [-0.1, -0.05) is 20.3 Å². The summed E-state index contributed by atoms with van der Waals surface area (Å²) in [5.41, 5.74) is 0.615. The van der Waals surface area contributed by atoms with Gasteiger partial charge in [0.1, 0.15) is 11.6 Å². The highest BCUT2D eigenvalue weighted by Crippen LogP contribution is 2.28. The van der Waals surface area contributed by atoms with Crippen molar-refractivity contribution in [2.45, 2.75) is 31.7 Å². The summed E-state index contributed by atoms with van der Waals surface area (Å²) in [6.07, 6.45) is 1.01. The molecule has 0 radical (unpaired) electrons. The number of methoxy groups -OCH3 is 1. The van der Waals surface area contributed by atoms with Gasteiger partial charge in [0.15, 0.2) is 0 Å². The van der Waals surface area contributed by atoms with E-state index in [1.54, 1.807) is 7.11 Å². The van der Waals surface area contributed by atoms with E-state index in [9.17, 15) is 8.78 Å². The number of nitrogens with one attached hydrogen (secondary N) is 1. The first-order valence-electron chi connectivity index (χ1n) is 6.88. The lowest BCUT2D eigenvalue weighted by Gasteiger charge is -2.11. The molecule has 0 aliphatic carbocycles. The van der Waals surface area contributed by atoms with E-state index in [0.717, 1.165) is 12.2 Å². The van der Waals surface area contributed by atoms with Crippen molar-refractivity contribution < 1.29 is 13.5 Å². The molecule has 0 spiro atoms. The highest BCUT2D eigenvalue weighted by Gasteiger charge is 2.13. The third-order valence-electron chi connectivity index (χ3n) is 3.08. The summed E-state index contributed by atoms with van der Waals surface area (Å²) >= 11 is 1.26. The number of rotatable bonds is 9. The normalized spacial score (nSPS) is 12.7. The molecule has 2 nitrogen and oxygen atoms in total. The number of halogens is 2. The molecule has 20 heavy (non-hydrogen) atoms. The van der Waals surface area contributed by atoms with Crippen LogP contribution in [0.2, 0.25) is 0 Å². The maximum atomic E-state index is 13.9. The van der Waals surface area contributed by atoms with Gasteiger partial charge in [-0.3, -0.25) is 0 Å². The first-order valence-corrected chi connectivity index (χ1v) is 7.87. The Kier molecular flexibility index (Phi) is 8.11. The molecule has 1 aromatic carbocycles. The van der Waals surface area contributed by atoms with Gasteiger partial charge in [0.2, 0.25) is 0 Å². The summed E-state index contributed by atoms with van der Waals surface area (Å²) in [7, 11) is 1.62. The molecule has 0 amide bonds. The van der Waals surface area contributed by atoms with Crippen molar-refractivity contribution >= 4 is 11.8 Å². The standard InChI is InChI=1S/C15H23F2NOS/c1-4-11(2)10-20-15-13(16)7-12(8-14(15)17)9-18-5-6-19-3/h7-8,11,18H,4-6,9-10H2,1-3H3. The second-order valence-corrected chi connectivity index (χ2v) is 5.91. The number of hydrogen-bond acceptors (Lipinski definition) is 3. The Hall–Kier alpha value is -0.650. The van der Waals surface area contributed by atoms with Gasteiger partial charge >= 0.3 is 0 Å². The van der Waals surface area contributed by atoms with Gasteiger partial charge in [0.05, 0.1) is 11.5 Å². The van der Waals surface area contributed by atoms with Crippen LogP contribution in [0.1, 0.15) is 25.8 Å². The number of benzene rings is 1. The van der Waals surface area contributed by atoms with Gasteiger partial charge in [-0.2, -0.15) is 0 Å². The first-order chi connectivity index (χ1) is 9.58. The second kappa shape index (κ2) is 9.32. The maximum absolute atomic E-state index is 13.9. The SMILES string of the molecule is CCC(C)CSc1c(F)cc(CNCCOC)cc1F. The third kappa shape index (κ3) is 5.77. The van der Waals surface area contributed by atoms with E-state index in [-0.39, 0.29) is 4.90 Å². The van der Waals surface area contributed by atoms with Crippen LogP contribution >= 0.6 is 11.8 Å². The van der Waals surface area contributed by atoms with Gasteiger partial charge in [-0.25, -0.2) is 8.78 Å². The maximum Gasteiger partial charge on any atom is 0.140 e. The second-order valence-electron chi connectivity index (χ2n) is 4.88. The average Bonchev–Trinajstić information content (AvgIpc) is 2.42. The highest BCUT2D eigenvalue weighted by atomic mass is 32.2. The van der Waals surface area contributed by atoms with Crippen molar-refractivity contribution in [2.24, 2.45) is 5.92 Å². The van der Waals surface area contributed by atoms with E-state index in [2.05, 4.69) is 19.2 Å². The molecule has 1 aromatic rings. The first kappa shape index (κ1) is 17.4. The van der Waals surface area contributed by atoms with Gasteiger partial charge in [0, 0.05) is 26.0 Å². The zero-order valence-electron chi connectivity index (χ0n) is 12.3. The molecule has 5 heteroatoms. The fourth-order valence-corrected chi connectivity index (χ4v) is 2.68. The molecule has 0 fully saturated rings. The third-order valence-corrected chi connectivity index (χ3v) is 4.49. The summed E-state index contributed by atoms with van der Waals surface area (Å²) in [6, 6.07) is 2.81. The number of ether oxygens (including phenoxy) is 1. The molecule has 0 aliphatic rings. The predicted molar refractivity (Wildman–Crippen MR) is 80.1 cm³/mol. The van der Waals surface area contributed by atoms with E-state index in [0.29, 0.717) is 31.2 Å². The lowest BCUT2D eigenvalue weighted by molar-refractivity contribution is 0.199. The van der Waals surface area contributed by atoms with Gasteiger partial charge in [-0.15, -0.1) is 11.8 Å². The number of hydrogen-bond donors (Lipinski definition) is 1. The summed E-state index contributed by atoms with van der Waals surface area (Å²) in [5.74, 6) is 0.244. The zero-order valence-corrected chi connectivity index (χ0v) is 13.2. The van der Waals surface area contributed by atoms with Gasteiger partial charge in [-0.05, 0) is 23.6 Å². The molecule has 0 aromatic heterocycles. The molecule has 0 aliphatic heterocycles. The molecule has 1 N–H and O–H groups in total. The fourth-order valence-electron chi connectivity index (χ4n) is 1.60. The molecule has 1 unspecified atom stereocenters. The number of thioether (sulfide) groups is 1. The van der Waals surface area contributed by atoms with E-state index >= 15 is 0 Å². The van der Waals surface area contributed by atoms with E-state index in [1.807, 2.05) is 0 Å². The Morgan fingerprint density at radius 1 is 1.30 bits per heavy atom. The van der Waals surface area contributed by atoms with Crippen molar-refractivity contribution in [2.75, 3.05) is 26.0 Å². The highest BCUT2D eigenvalue weighted by molar-refractivity contribution is 7.99. The average molecular weight is 303 g/mol. The van der Waals surface area contributed by atoms with Crippen LogP contribution in [-0.2, 0) is 11.3 Å². The summed E-state index contributed by atoms with van der Waals surface area (Å²) in [4.78, 5) is 0.131. The zero-order chi connectivity index (χ0) is 15.0. The minimum Gasteiger partial charge on any atom is -0.383 e. The van der Waals surface area contributed by atoms with Crippen LogP contribution in [0.4, 0.5) is 8.78 Å². The van der Waals surface area contributed by atoms with E-state index in [4.69, 9.17) is 4.74 Å². The Labute approximate surface area is 124 Å². The van der Waals surface area contributed by atoms with Crippen LogP contribution in [0.25, 0.3) is 0 Å². The van der Waals surface area contributed by atoms with Gasteiger partial charge in [0.25, 0.3) is 0 Å². The molecular formula is C15H23F2NOS. The molecule has 1 atom stereocenters. The summed E-state index contributed by atoms with van der Waals surface area (Å²) < 4.78 is 32.8. The van der Waals surface area contributed by atoms with Crippen LogP contribution in [-0.4, -0.2) is 26.0 Å². The largest absolute Gasteiger partial charge is 0.383 e. The topological polar surface area (TPSA) is 21.3 Å². The predicted octanol–water partition coefficient (Wildman–Crippen LogP) is 3.84. The summed E-state index contributed by atoms with van der Waals surface area (Å²) in [5, 5.41) is 3.07.